The van der Waals surface area contributed by atoms with Crippen molar-refractivity contribution >= 4 is 11.8 Å². The molecule has 0 aliphatic heterocycles. The molecule has 4 nitrogen and oxygen atoms in total. The van der Waals surface area contributed by atoms with Crippen LogP contribution in [0.25, 0.3) is 0 Å². The van der Waals surface area contributed by atoms with E-state index in [1.54, 1.807) is 18.7 Å². The molecule has 0 saturated carbocycles. The minimum atomic E-state index is -0.412. The monoisotopic (exact) mass is 263 g/mol. The van der Waals surface area contributed by atoms with E-state index in [1.165, 1.54) is 4.90 Å². The Hall–Kier alpha value is -1.33. The first-order chi connectivity index (χ1) is 8.58. The van der Waals surface area contributed by atoms with Crippen LogP contribution in [-0.4, -0.2) is 19.9 Å². The normalized spacial score (nSPS) is 12.7. The Balaban J connectivity index is 2.00. The molecule has 0 bridgehead atoms. The summed E-state index contributed by atoms with van der Waals surface area (Å²) in [5.41, 5.74) is 0.939. The van der Waals surface area contributed by atoms with Gasteiger partial charge in [0, 0.05) is 11.9 Å². The number of rotatable bonds is 4. The number of benzene rings is 1. The van der Waals surface area contributed by atoms with Gasteiger partial charge in [-0.2, -0.15) is 0 Å². The van der Waals surface area contributed by atoms with E-state index in [2.05, 4.69) is 10.2 Å². The van der Waals surface area contributed by atoms with E-state index in [4.69, 9.17) is 0 Å². The number of hydrogen-bond acceptors (Lipinski definition) is 4. The molecule has 96 valence electrons. The van der Waals surface area contributed by atoms with Gasteiger partial charge >= 0.3 is 0 Å². The zero-order valence-corrected chi connectivity index (χ0v) is 11.6. The lowest BCUT2D eigenvalue weighted by Gasteiger charge is -2.06. The zero-order chi connectivity index (χ0) is 13.1. The van der Waals surface area contributed by atoms with Gasteiger partial charge in [0.1, 0.15) is 11.6 Å². The summed E-state index contributed by atoms with van der Waals surface area (Å²) in [6, 6.07) is 7.95. The molecule has 1 N–H and O–H groups in total. The summed E-state index contributed by atoms with van der Waals surface area (Å²) in [5.74, 6) is 2.69. The summed E-state index contributed by atoms with van der Waals surface area (Å²) in [7, 11) is 1.97. The van der Waals surface area contributed by atoms with Crippen LogP contribution in [0.15, 0.2) is 29.2 Å². The Morgan fingerprint density at radius 3 is 2.44 bits per heavy atom. The Labute approximate surface area is 111 Å². The van der Waals surface area contributed by atoms with Crippen LogP contribution in [0.3, 0.4) is 0 Å². The van der Waals surface area contributed by atoms with E-state index >= 15 is 0 Å². The SMILES string of the molecule is Cc1nnc(CSc2ccc(C(C)O)cc2)n1C. The number of hydrogen-bond donors (Lipinski definition) is 1. The maximum atomic E-state index is 9.43. The minimum absolute atomic E-state index is 0.412. The first kappa shape index (κ1) is 13.1. The van der Waals surface area contributed by atoms with E-state index in [-0.39, 0.29) is 0 Å². The van der Waals surface area contributed by atoms with Crippen molar-refractivity contribution in [2.45, 2.75) is 30.6 Å². The standard InChI is InChI=1S/C13H17N3OS/c1-9(17)11-4-6-12(7-5-11)18-8-13-15-14-10(2)16(13)3/h4-7,9,17H,8H2,1-3H3. The summed E-state index contributed by atoms with van der Waals surface area (Å²) >= 11 is 1.72. The lowest BCUT2D eigenvalue weighted by Crippen LogP contribution is -1.97. The van der Waals surface area contributed by atoms with Crippen LogP contribution in [0.4, 0.5) is 0 Å². The Kier molecular flexibility index (Phi) is 4.04. The first-order valence-electron chi connectivity index (χ1n) is 5.83. The summed E-state index contributed by atoms with van der Waals surface area (Å²) < 4.78 is 2.00. The fraction of sp³-hybridized carbons (Fsp3) is 0.385. The third-order valence-electron chi connectivity index (χ3n) is 2.91. The van der Waals surface area contributed by atoms with Gasteiger partial charge in [-0.15, -0.1) is 22.0 Å². The molecule has 1 heterocycles. The number of aryl methyl sites for hydroxylation is 1. The van der Waals surface area contributed by atoms with Gasteiger partial charge in [0.2, 0.25) is 0 Å². The van der Waals surface area contributed by atoms with Crippen LogP contribution in [0.1, 0.15) is 30.2 Å². The molecule has 0 aliphatic rings. The lowest BCUT2D eigenvalue weighted by atomic mass is 10.1. The molecule has 0 aliphatic carbocycles. The molecule has 1 unspecified atom stereocenters. The summed E-state index contributed by atoms with van der Waals surface area (Å²) in [6.07, 6.45) is -0.412. The Morgan fingerprint density at radius 1 is 1.28 bits per heavy atom. The van der Waals surface area contributed by atoms with Gasteiger partial charge in [0.15, 0.2) is 0 Å². The van der Waals surface area contributed by atoms with Crippen LogP contribution < -0.4 is 0 Å². The highest BCUT2D eigenvalue weighted by molar-refractivity contribution is 7.98. The minimum Gasteiger partial charge on any atom is -0.389 e. The van der Waals surface area contributed by atoms with Gasteiger partial charge < -0.3 is 9.67 Å². The zero-order valence-electron chi connectivity index (χ0n) is 10.8. The molecule has 2 aromatic rings. The van der Waals surface area contributed by atoms with Crippen molar-refractivity contribution in [3.05, 3.63) is 41.5 Å². The van der Waals surface area contributed by atoms with E-state index in [9.17, 15) is 5.11 Å². The predicted octanol–water partition coefficient (Wildman–Crippen LogP) is 2.47. The lowest BCUT2D eigenvalue weighted by molar-refractivity contribution is 0.199. The van der Waals surface area contributed by atoms with Crippen LogP contribution in [-0.2, 0) is 12.8 Å². The van der Waals surface area contributed by atoms with Crippen LogP contribution >= 0.6 is 11.8 Å². The highest BCUT2D eigenvalue weighted by atomic mass is 32.2. The van der Waals surface area contributed by atoms with Crippen molar-refractivity contribution < 1.29 is 5.11 Å². The Bertz CT molecular complexity index is 520. The quantitative estimate of drug-likeness (QED) is 0.861. The summed E-state index contributed by atoms with van der Waals surface area (Å²) in [6.45, 7) is 3.71. The number of thioether (sulfide) groups is 1. The molecule has 0 saturated heterocycles. The van der Waals surface area contributed by atoms with E-state index < -0.39 is 6.10 Å². The fourth-order valence-electron chi connectivity index (χ4n) is 1.57. The van der Waals surface area contributed by atoms with Crippen LogP contribution in [0.2, 0.25) is 0 Å². The van der Waals surface area contributed by atoms with Crippen molar-refractivity contribution in [2.75, 3.05) is 0 Å². The largest absolute Gasteiger partial charge is 0.389 e. The number of aliphatic hydroxyl groups is 1. The maximum absolute atomic E-state index is 9.43. The second kappa shape index (κ2) is 5.54. The maximum Gasteiger partial charge on any atom is 0.143 e. The molecular formula is C13H17N3OS. The third-order valence-corrected chi connectivity index (χ3v) is 3.92. The van der Waals surface area contributed by atoms with Crippen LogP contribution in [0, 0.1) is 6.92 Å². The highest BCUT2D eigenvalue weighted by Gasteiger charge is 2.06. The molecule has 0 fully saturated rings. The van der Waals surface area contributed by atoms with E-state index in [0.717, 1.165) is 23.0 Å². The first-order valence-corrected chi connectivity index (χ1v) is 6.82. The highest BCUT2D eigenvalue weighted by Crippen LogP contribution is 2.23. The van der Waals surface area contributed by atoms with Crippen molar-refractivity contribution in [3.8, 4) is 0 Å². The average molecular weight is 263 g/mol. The molecule has 0 amide bonds. The molecule has 1 aromatic carbocycles. The summed E-state index contributed by atoms with van der Waals surface area (Å²) in [4.78, 5) is 1.17. The molecule has 0 spiro atoms. The molecule has 0 radical (unpaired) electrons. The number of aromatic nitrogens is 3. The second-order valence-corrected chi connectivity index (χ2v) is 5.30. The molecule has 1 atom stereocenters. The predicted molar refractivity (Wildman–Crippen MR) is 72.4 cm³/mol. The van der Waals surface area contributed by atoms with Crippen molar-refractivity contribution in [2.24, 2.45) is 7.05 Å². The van der Waals surface area contributed by atoms with Crippen molar-refractivity contribution in [3.63, 3.8) is 0 Å². The van der Waals surface area contributed by atoms with Gasteiger partial charge in [-0.25, -0.2) is 0 Å². The average Bonchev–Trinajstić information content (AvgIpc) is 2.68. The smallest absolute Gasteiger partial charge is 0.143 e. The third kappa shape index (κ3) is 2.91. The van der Waals surface area contributed by atoms with E-state index in [0.29, 0.717) is 0 Å². The molecule has 18 heavy (non-hydrogen) atoms. The van der Waals surface area contributed by atoms with Crippen molar-refractivity contribution in [1.29, 1.82) is 0 Å². The van der Waals surface area contributed by atoms with Crippen LogP contribution in [0.5, 0.6) is 0 Å². The van der Waals surface area contributed by atoms with Gasteiger partial charge in [0.25, 0.3) is 0 Å². The molecule has 2 rings (SSSR count). The van der Waals surface area contributed by atoms with Gasteiger partial charge in [0.05, 0.1) is 11.9 Å². The fourth-order valence-corrected chi connectivity index (χ4v) is 2.44. The molecule has 1 aromatic heterocycles. The molecule has 5 heteroatoms. The Morgan fingerprint density at radius 2 is 1.94 bits per heavy atom. The summed E-state index contributed by atoms with van der Waals surface area (Å²) in [5, 5.41) is 17.6. The topological polar surface area (TPSA) is 50.9 Å². The molecular weight excluding hydrogens is 246 g/mol. The number of nitrogens with zero attached hydrogens (tertiary/aromatic N) is 3. The van der Waals surface area contributed by atoms with Gasteiger partial charge in [-0.05, 0) is 31.5 Å². The van der Waals surface area contributed by atoms with Gasteiger partial charge in [-0.3, -0.25) is 0 Å². The van der Waals surface area contributed by atoms with Crippen molar-refractivity contribution in [1.82, 2.24) is 14.8 Å². The van der Waals surface area contributed by atoms with Gasteiger partial charge in [-0.1, -0.05) is 12.1 Å². The van der Waals surface area contributed by atoms with E-state index in [1.807, 2.05) is 42.8 Å². The second-order valence-electron chi connectivity index (χ2n) is 4.26. The number of aliphatic hydroxyl groups excluding tert-OH is 1.